The molecule has 38 heavy (non-hydrogen) atoms. The first-order valence-corrected chi connectivity index (χ1v) is 13.0. The van der Waals surface area contributed by atoms with Crippen LogP contribution in [0.2, 0.25) is 0 Å². The molecule has 2 fully saturated rings. The third-order valence-corrected chi connectivity index (χ3v) is 8.49. The largest absolute Gasteiger partial charge is 0.451 e. The van der Waals surface area contributed by atoms with Crippen LogP contribution in [0.3, 0.4) is 0 Å². The van der Waals surface area contributed by atoms with E-state index in [1.807, 2.05) is 11.0 Å². The molecule has 4 rings (SSSR count). The monoisotopic (exact) mass is 531 g/mol. The second-order valence-electron chi connectivity index (χ2n) is 11.7. The summed E-state index contributed by atoms with van der Waals surface area (Å²) in [5.41, 5.74) is 0.476. The van der Waals surface area contributed by atoms with Crippen molar-refractivity contribution in [3.05, 3.63) is 54.1 Å². The highest BCUT2D eigenvalue weighted by molar-refractivity contribution is 5.94. The maximum Gasteiger partial charge on any atom is 0.451 e. The smallest absolute Gasteiger partial charge is 0.342 e. The first kappa shape index (κ1) is 28.0. The fourth-order valence-corrected chi connectivity index (χ4v) is 5.82. The molecule has 206 valence electrons. The number of hydrogen-bond acceptors (Lipinski definition) is 5. The molecule has 2 aromatic rings. The lowest BCUT2D eigenvalue weighted by atomic mass is 9.64. The van der Waals surface area contributed by atoms with Gasteiger partial charge in [0, 0.05) is 30.5 Å². The van der Waals surface area contributed by atoms with Crippen LogP contribution in [0.5, 0.6) is 0 Å². The van der Waals surface area contributed by atoms with Gasteiger partial charge in [0.1, 0.15) is 0 Å². The SMILES string of the molecule is CN(C)[C@]1(c2ccccc2)CC[C@@]2(CC1)CC(=O)N(CCC(C)(C)C(=O)Nc1cnc(C(F)(F)F)nc1)C2. The Morgan fingerprint density at radius 2 is 1.66 bits per heavy atom. The van der Waals surface area contributed by atoms with Crippen molar-refractivity contribution in [2.24, 2.45) is 10.8 Å². The molecule has 2 heterocycles. The minimum absolute atomic E-state index is 0.0366. The molecule has 1 N–H and O–H groups in total. The third-order valence-electron chi connectivity index (χ3n) is 8.49. The molecule has 0 unspecified atom stereocenters. The normalized spacial score (nSPS) is 24.3. The number of amides is 2. The van der Waals surface area contributed by atoms with Crippen molar-refractivity contribution in [2.45, 2.75) is 64.1 Å². The molecule has 1 aromatic heterocycles. The van der Waals surface area contributed by atoms with Gasteiger partial charge < -0.3 is 10.2 Å². The van der Waals surface area contributed by atoms with Gasteiger partial charge in [-0.25, -0.2) is 9.97 Å². The lowest BCUT2D eigenvalue weighted by Crippen LogP contribution is -2.47. The number of benzene rings is 1. The topological polar surface area (TPSA) is 78.4 Å². The summed E-state index contributed by atoms with van der Waals surface area (Å²) in [5.74, 6) is -1.50. The van der Waals surface area contributed by atoms with Crippen LogP contribution in [0.25, 0.3) is 0 Å². The summed E-state index contributed by atoms with van der Waals surface area (Å²) in [4.78, 5) is 36.6. The Morgan fingerprint density at radius 1 is 1.05 bits per heavy atom. The Kier molecular flexibility index (Phi) is 7.58. The highest BCUT2D eigenvalue weighted by atomic mass is 19.4. The van der Waals surface area contributed by atoms with Gasteiger partial charge in [-0.15, -0.1) is 0 Å². The predicted molar refractivity (Wildman–Crippen MR) is 138 cm³/mol. The van der Waals surface area contributed by atoms with Gasteiger partial charge >= 0.3 is 6.18 Å². The maximum atomic E-state index is 13.0. The molecule has 2 aliphatic rings. The van der Waals surface area contributed by atoms with Crippen molar-refractivity contribution in [3.8, 4) is 0 Å². The Labute approximate surface area is 221 Å². The van der Waals surface area contributed by atoms with Gasteiger partial charge in [-0.05, 0) is 57.2 Å². The van der Waals surface area contributed by atoms with Gasteiger partial charge in [-0.3, -0.25) is 14.5 Å². The molecule has 10 heteroatoms. The molecule has 1 aromatic carbocycles. The molecule has 1 saturated heterocycles. The van der Waals surface area contributed by atoms with Crippen LogP contribution >= 0.6 is 0 Å². The van der Waals surface area contributed by atoms with Crippen LogP contribution in [0.15, 0.2) is 42.7 Å². The molecule has 1 aliphatic carbocycles. The van der Waals surface area contributed by atoms with Crippen LogP contribution in [0.1, 0.15) is 63.8 Å². The van der Waals surface area contributed by atoms with Gasteiger partial charge in [-0.2, -0.15) is 13.2 Å². The second-order valence-corrected chi connectivity index (χ2v) is 11.7. The Hall–Kier alpha value is -3.01. The fourth-order valence-electron chi connectivity index (χ4n) is 5.82. The Balaban J connectivity index is 1.34. The number of carbonyl (C=O) groups is 2. The molecule has 2 amide bonds. The van der Waals surface area contributed by atoms with Crippen molar-refractivity contribution in [1.29, 1.82) is 0 Å². The van der Waals surface area contributed by atoms with Crippen molar-refractivity contribution in [3.63, 3.8) is 0 Å². The minimum Gasteiger partial charge on any atom is -0.342 e. The summed E-state index contributed by atoms with van der Waals surface area (Å²) >= 11 is 0. The number of hydrogen-bond donors (Lipinski definition) is 1. The van der Waals surface area contributed by atoms with E-state index >= 15 is 0 Å². The summed E-state index contributed by atoms with van der Waals surface area (Å²) < 4.78 is 38.1. The summed E-state index contributed by atoms with van der Waals surface area (Å²) in [5, 5.41) is 2.60. The van der Waals surface area contributed by atoms with Crippen molar-refractivity contribution >= 4 is 17.5 Å². The predicted octanol–water partition coefficient (Wildman–Crippen LogP) is 5.10. The molecule has 0 radical (unpaired) electrons. The fraction of sp³-hybridized carbons (Fsp3) is 0.571. The molecule has 1 aliphatic heterocycles. The molecule has 7 nitrogen and oxygen atoms in total. The van der Waals surface area contributed by atoms with Crippen LogP contribution in [0.4, 0.5) is 18.9 Å². The molecule has 0 bridgehead atoms. The second kappa shape index (κ2) is 10.3. The highest BCUT2D eigenvalue weighted by Gasteiger charge is 2.50. The minimum atomic E-state index is -4.64. The van der Waals surface area contributed by atoms with Gasteiger partial charge in [0.05, 0.1) is 18.1 Å². The molecule has 1 spiro atoms. The van der Waals surface area contributed by atoms with Gasteiger partial charge in [0.25, 0.3) is 0 Å². The first-order valence-electron chi connectivity index (χ1n) is 13.0. The molecule has 0 atom stereocenters. The average Bonchev–Trinajstić information content (AvgIpc) is 3.18. The van der Waals surface area contributed by atoms with Crippen LogP contribution < -0.4 is 5.32 Å². The van der Waals surface area contributed by atoms with E-state index in [9.17, 15) is 22.8 Å². The number of anilines is 1. The zero-order valence-electron chi connectivity index (χ0n) is 22.4. The van der Waals surface area contributed by atoms with Gasteiger partial charge in [0.2, 0.25) is 17.6 Å². The molecular formula is C28H36F3N5O2. The molecule has 1 saturated carbocycles. The van der Waals surface area contributed by atoms with E-state index in [0.29, 0.717) is 25.9 Å². The lowest BCUT2D eigenvalue weighted by Gasteiger charge is -2.49. The number of halogens is 3. The molecular weight excluding hydrogens is 495 g/mol. The van der Waals surface area contributed by atoms with E-state index in [1.54, 1.807) is 13.8 Å². The number of nitrogens with zero attached hydrogens (tertiary/aromatic N) is 4. The van der Waals surface area contributed by atoms with Crippen molar-refractivity contribution in [1.82, 2.24) is 19.8 Å². The summed E-state index contributed by atoms with van der Waals surface area (Å²) in [6, 6.07) is 10.6. The van der Waals surface area contributed by atoms with E-state index in [2.05, 4.69) is 58.5 Å². The number of carbonyl (C=O) groups excluding carboxylic acids is 2. The standard InChI is InChI=1S/C28H36F3N5O2/c1-25(2,24(38)34-21-17-32-23(33-18-21)28(29,30)31)14-15-36-19-26(16-22(36)37)10-12-27(13-11-26,35(3)4)20-8-6-5-7-9-20/h5-9,17-18H,10-16,19H2,1-4H3,(H,34,38)/t26-,27-. The first-order chi connectivity index (χ1) is 17.8. The zero-order chi connectivity index (χ0) is 27.8. The number of rotatable bonds is 7. The Morgan fingerprint density at radius 3 is 2.21 bits per heavy atom. The summed E-state index contributed by atoms with van der Waals surface area (Å²) in [7, 11) is 4.25. The van der Waals surface area contributed by atoms with Crippen LogP contribution in [-0.2, 0) is 21.3 Å². The lowest BCUT2D eigenvalue weighted by molar-refractivity contribution is -0.145. The van der Waals surface area contributed by atoms with E-state index in [0.717, 1.165) is 38.1 Å². The van der Waals surface area contributed by atoms with E-state index in [-0.39, 0.29) is 28.5 Å². The number of nitrogens with one attached hydrogen (secondary N) is 1. The maximum absolute atomic E-state index is 13.0. The number of likely N-dealkylation sites (tertiary alicyclic amines) is 1. The quantitative estimate of drug-likeness (QED) is 0.538. The Bertz CT molecular complexity index is 1140. The van der Waals surface area contributed by atoms with Crippen molar-refractivity contribution in [2.75, 3.05) is 32.5 Å². The zero-order valence-corrected chi connectivity index (χ0v) is 22.4. The van der Waals surface area contributed by atoms with E-state index < -0.39 is 17.4 Å². The van der Waals surface area contributed by atoms with Crippen LogP contribution in [-0.4, -0.2) is 58.8 Å². The summed E-state index contributed by atoms with van der Waals surface area (Å²) in [6.45, 7) is 4.65. The van der Waals surface area contributed by atoms with E-state index in [1.165, 1.54) is 5.56 Å². The van der Waals surface area contributed by atoms with E-state index in [4.69, 9.17) is 0 Å². The van der Waals surface area contributed by atoms with Gasteiger partial charge in [0.15, 0.2) is 0 Å². The highest BCUT2D eigenvalue weighted by Crippen LogP contribution is 2.52. The van der Waals surface area contributed by atoms with Crippen LogP contribution in [0, 0.1) is 10.8 Å². The average molecular weight is 532 g/mol. The third kappa shape index (κ3) is 5.70. The summed E-state index contributed by atoms with van der Waals surface area (Å²) in [6.07, 6.45) is 2.08. The van der Waals surface area contributed by atoms with Crippen molar-refractivity contribution < 1.29 is 22.8 Å². The number of aromatic nitrogens is 2. The van der Waals surface area contributed by atoms with Gasteiger partial charge in [-0.1, -0.05) is 44.2 Å². The number of alkyl halides is 3.